The Balaban J connectivity index is 0.00000176. The van der Waals surface area contributed by atoms with Crippen molar-refractivity contribution in [3.8, 4) is 0 Å². The lowest BCUT2D eigenvalue weighted by Crippen LogP contribution is -2.47. The summed E-state index contributed by atoms with van der Waals surface area (Å²) in [6.07, 6.45) is 6.29. The molecule has 0 bridgehead atoms. The fourth-order valence-corrected chi connectivity index (χ4v) is 4.09. The molecule has 1 N–H and O–H groups in total. The third-order valence-corrected chi connectivity index (χ3v) is 5.23. The average Bonchev–Trinajstić information content (AvgIpc) is 2.54. The monoisotopic (exact) mass is 346 g/mol. The molecule has 0 spiro atoms. The fraction of sp³-hybridized carbons (Fsp3) is 0.647. The van der Waals surface area contributed by atoms with E-state index >= 15 is 0 Å². The molecule has 1 aromatic carbocycles. The Morgan fingerprint density at radius 3 is 2.50 bits per heavy atom. The molecule has 3 rings (SSSR count). The predicted molar refractivity (Wildman–Crippen MR) is 92.4 cm³/mol. The quantitative estimate of drug-likeness (QED) is 0.870. The number of nitrogens with one attached hydrogen (secondary N) is 1. The Kier molecular flexibility index (Phi) is 6.94. The van der Waals surface area contributed by atoms with Gasteiger partial charge in [-0.2, -0.15) is 0 Å². The number of hydrogen-bond acceptors (Lipinski definition) is 2. The lowest BCUT2D eigenvalue weighted by molar-refractivity contribution is 0.101. The van der Waals surface area contributed by atoms with Gasteiger partial charge < -0.3 is 5.32 Å². The van der Waals surface area contributed by atoms with E-state index in [2.05, 4.69) is 10.2 Å². The summed E-state index contributed by atoms with van der Waals surface area (Å²) in [5.41, 5.74) is 0.802. The third-order valence-electron chi connectivity index (χ3n) is 4.94. The van der Waals surface area contributed by atoms with Gasteiger partial charge in [-0.15, -0.1) is 12.4 Å². The molecule has 2 fully saturated rings. The van der Waals surface area contributed by atoms with E-state index in [4.69, 9.17) is 11.6 Å². The zero-order valence-electron chi connectivity index (χ0n) is 12.9. The van der Waals surface area contributed by atoms with E-state index in [0.29, 0.717) is 5.92 Å². The fourth-order valence-electron chi connectivity index (χ4n) is 3.91. The van der Waals surface area contributed by atoms with Crippen molar-refractivity contribution in [1.82, 2.24) is 10.2 Å². The van der Waals surface area contributed by atoms with Crippen LogP contribution in [0, 0.1) is 11.7 Å². The number of nitrogens with zero attached hydrogens (tertiary/aromatic N) is 1. The van der Waals surface area contributed by atoms with Crippen LogP contribution in [0.3, 0.4) is 0 Å². The summed E-state index contributed by atoms with van der Waals surface area (Å²) in [4.78, 5) is 2.46. The van der Waals surface area contributed by atoms with Crippen LogP contribution in [0.2, 0.25) is 5.02 Å². The Morgan fingerprint density at radius 1 is 1.14 bits per heavy atom. The van der Waals surface area contributed by atoms with Gasteiger partial charge in [0, 0.05) is 37.8 Å². The second-order valence-corrected chi connectivity index (χ2v) is 6.68. The Morgan fingerprint density at radius 2 is 1.82 bits per heavy atom. The second kappa shape index (κ2) is 8.49. The highest BCUT2D eigenvalue weighted by Crippen LogP contribution is 2.40. The smallest absolute Gasteiger partial charge is 0.146 e. The van der Waals surface area contributed by atoms with Gasteiger partial charge in [-0.05, 0) is 24.8 Å². The normalized spacial score (nSPS) is 22.1. The summed E-state index contributed by atoms with van der Waals surface area (Å²) < 4.78 is 14.6. The maximum Gasteiger partial charge on any atom is 0.146 e. The molecule has 0 unspecified atom stereocenters. The van der Waals surface area contributed by atoms with Crippen molar-refractivity contribution >= 4 is 24.0 Å². The first-order valence-electron chi connectivity index (χ1n) is 8.16. The second-order valence-electron chi connectivity index (χ2n) is 6.27. The van der Waals surface area contributed by atoms with E-state index in [1.807, 2.05) is 12.1 Å². The SMILES string of the molecule is Cl.Fc1c(Cl)cccc1[C@H](C1CCCCC1)N1CCNCC1. The van der Waals surface area contributed by atoms with Gasteiger partial charge in [0.2, 0.25) is 0 Å². The van der Waals surface area contributed by atoms with Crippen molar-refractivity contribution in [2.75, 3.05) is 26.2 Å². The average molecular weight is 347 g/mol. The van der Waals surface area contributed by atoms with Crippen LogP contribution in [0.25, 0.3) is 0 Å². The number of rotatable bonds is 3. The van der Waals surface area contributed by atoms with E-state index in [1.165, 1.54) is 32.1 Å². The van der Waals surface area contributed by atoms with Crippen molar-refractivity contribution in [1.29, 1.82) is 0 Å². The van der Waals surface area contributed by atoms with E-state index in [9.17, 15) is 4.39 Å². The molecular formula is C17H25Cl2FN2. The molecule has 1 saturated heterocycles. The van der Waals surface area contributed by atoms with Gasteiger partial charge in [0.15, 0.2) is 0 Å². The number of piperazine rings is 1. The predicted octanol–water partition coefficient (Wildman–Crippen LogP) is 4.43. The van der Waals surface area contributed by atoms with Crippen LogP contribution in [0.4, 0.5) is 4.39 Å². The van der Waals surface area contributed by atoms with Crippen molar-refractivity contribution in [3.63, 3.8) is 0 Å². The number of halogens is 3. The molecule has 22 heavy (non-hydrogen) atoms. The van der Waals surface area contributed by atoms with Gasteiger partial charge in [0.25, 0.3) is 0 Å². The number of hydrogen-bond donors (Lipinski definition) is 1. The summed E-state index contributed by atoms with van der Waals surface area (Å²) in [5, 5.41) is 3.64. The summed E-state index contributed by atoms with van der Waals surface area (Å²) >= 11 is 6.03. The zero-order valence-corrected chi connectivity index (χ0v) is 14.4. The van der Waals surface area contributed by atoms with Crippen LogP contribution in [0.15, 0.2) is 18.2 Å². The van der Waals surface area contributed by atoms with E-state index in [0.717, 1.165) is 31.7 Å². The first-order valence-corrected chi connectivity index (χ1v) is 8.54. The maximum atomic E-state index is 14.6. The Labute approximate surface area is 143 Å². The largest absolute Gasteiger partial charge is 0.314 e. The lowest BCUT2D eigenvalue weighted by atomic mass is 9.80. The van der Waals surface area contributed by atoms with Crippen molar-refractivity contribution in [3.05, 3.63) is 34.6 Å². The van der Waals surface area contributed by atoms with Crippen LogP contribution in [0.5, 0.6) is 0 Å². The van der Waals surface area contributed by atoms with Crippen molar-refractivity contribution < 1.29 is 4.39 Å². The Bertz CT molecular complexity index is 454. The van der Waals surface area contributed by atoms with Crippen LogP contribution in [0.1, 0.15) is 43.7 Å². The van der Waals surface area contributed by atoms with Gasteiger partial charge in [-0.3, -0.25) is 4.90 Å². The van der Waals surface area contributed by atoms with Crippen LogP contribution in [-0.2, 0) is 0 Å². The highest BCUT2D eigenvalue weighted by molar-refractivity contribution is 6.30. The van der Waals surface area contributed by atoms with E-state index < -0.39 is 0 Å². The highest BCUT2D eigenvalue weighted by Gasteiger charge is 2.32. The summed E-state index contributed by atoms with van der Waals surface area (Å²) in [6.45, 7) is 3.97. The number of benzene rings is 1. The molecule has 124 valence electrons. The molecule has 1 heterocycles. The lowest BCUT2D eigenvalue weighted by Gasteiger charge is -2.41. The van der Waals surface area contributed by atoms with Crippen molar-refractivity contribution in [2.45, 2.75) is 38.1 Å². The maximum absolute atomic E-state index is 14.6. The zero-order chi connectivity index (χ0) is 14.7. The van der Waals surface area contributed by atoms with E-state index in [1.54, 1.807) is 6.07 Å². The molecule has 1 aromatic rings. The molecule has 1 aliphatic carbocycles. The van der Waals surface area contributed by atoms with Gasteiger partial charge in [0.05, 0.1) is 5.02 Å². The van der Waals surface area contributed by atoms with Gasteiger partial charge in [0.1, 0.15) is 5.82 Å². The van der Waals surface area contributed by atoms with Gasteiger partial charge >= 0.3 is 0 Å². The van der Waals surface area contributed by atoms with Crippen LogP contribution >= 0.6 is 24.0 Å². The van der Waals surface area contributed by atoms with Crippen LogP contribution in [-0.4, -0.2) is 31.1 Å². The van der Waals surface area contributed by atoms with Gasteiger partial charge in [-0.1, -0.05) is 43.0 Å². The highest BCUT2D eigenvalue weighted by atomic mass is 35.5. The molecular weight excluding hydrogens is 322 g/mol. The topological polar surface area (TPSA) is 15.3 Å². The molecule has 2 aliphatic rings. The minimum atomic E-state index is -0.215. The third kappa shape index (κ3) is 3.94. The first kappa shape index (κ1) is 18.0. The Hall–Kier alpha value is -0.350. The standard InChI is InChI=1S/C17H24ClFN2.ClH/c18-15-8-4-7-14(16(15)19)17(13-5-2-1-3-6-13)21-11-9-20-10-12-21;/h4,7-8,13,17,20H,1-3,5-6,9-12H2;1H/t17-;/m0./s1. The molecule has 1 atom stereocenters. The van der Waals surface area contributed by atoms with E-state index in [-0.39, 0.29) is 29.3 Å². The molecule has 5 heteroatoms. The summed E-state index contributed by atoms with van der Waals surface area (Å²) in [5.74, 6) is 0.345. The summed E-state index contributed by atoms with van der Waals surface area (Å²) in [7, 11) is 0. The molecule has 0 radical (unpaired) electrons. The van der Waals surface area contributed by atoms with Crippen molar-refractivity contribution in [2.24, 2.45) is 5.92 Å². The van der Waals surface area contributed by atoms with Gasteiger partial charge in [-0.25, -0.2) is 4.39 Å². The molecule has 0 aromatic heterocycles. The summed E-state index contributed by atoms with van der Waals surface area (Å²) in [6, 6.07) is 5.66. The molecule has 2 nitrogen and oxygen atoms in total. The molecule has 1 aliphatic heterocycles. The molecule has 0 amide bonds. The minimum absolute atomic E-state index is 0. The van der Waals surface area contributed by atoms with Crippen LogP contribution < -0.4 is 5.32 Å². The minimum Gasteiger partial charge on any atom is -0.314 e. The first-order chi connectivity index (χ1) is 10.3. The molecule has 1 saturated carbocycles.